The predicted octanol–water partition coefficient (Wildman–Crippen LogP) is 2.83. The maximum Gasteiger partial charge on any atom is 0.321 e. The van der Waals surface area contributed by atoms with Gasteiger partial charge < -0.3 is 20.4 Å². The van der Waals surface area contributed by atoms with E-state index in [-0.39, 0.29) is 6.42 Å². The largest absolute Gasteiger partial charge is 0.480 e. The van der Waals surface area contributed by atoms with Crippen LogP contribution in [0.3, 0.4) is 0 Å². The lowest BCUT2D eigenvalue weighted by Gasteiger charge is -2.52. The standard InChI is InChI=1S/C20H30O8/c1-6-12-8-7-9-13(19(10(2)3,15(21)22)16(23)24)14(12)20(11(4)5,17(25)26)18(27)28/h6,10-14H,1,7-9H2,2-5H3,(H,21,22)(H,23,24)(H,25,26)(H,27,28). The highest BCUT2D eigenvalue weighted by molar-refractivity contribution is 6.01. The van der Waals surface area contributed by atoms with E-state index in [1.807, 2.05) is 0 Å². The van der Waals surface area contributed by atoms with Crippen molar-refractivity contribution in [1.82, 2.24) is 0 Å². The van der Waals surface area contributed by atoms with E-state index in [0.29, 0.717) is 12.8 Å². The second-order valence-electron chi connectivity index (χ2n) is 8.23. The Balaban J connectivity index is 3.97. The van der Waals surface area contributed by atoms with Crippen molar-refractivity contribution in [2.45, 2.75) is 47.0 Å². The van der Waals surface area contributed by atoms with Crippen LogP contribution in [0.2, 0.25) is 0 Å². The van der Waals surface area contributed by atoms with E-state index in [1.165, 1.54) is 33.8 Å². The molecule has 8 heteroatoms. The first-order chi connectivity index (χ1) is 12.8. The van der Waals surface area contributed by atoms with Gasteiger partial charge in [0.1, 0.15) is 0 Å². The van der Waals surface area contributed by atoms with Crippen LogP contribution in [0.15, 0.2) is 12.7 Å². The average Bonchev–Trinajstić information content (AvgIpc) is 2.54. The molecular weight excluding hydrogens is 368 g/mol. The molecule has 0 aliphatic heterocycles. The maximum atomic E-state index is 12.3. The number of carboxylic acid groups (broad SMARTS) is 4. The number of hydrogen-bond donors (Lipinski definition) is 4. The van der Waals surface area contributed by atoms with Crippen molar-refractivity contribution < 1.29 is 39.6 Å². The van der Waals surface area contributed by atoms with Gasteiger partial charge in [-0.3, -0.25) is 19.2 Å². The zero-order valence-corrected chi connectivity index (χ0v) is 16.7. The average molecular weight is 398 g/mol. The van der Waals surface area contributed by atoms with Gasteiger partial charge in [-0.25, -0.2) is 0 Å². The number of aliphatic carboxylic acids is 4. The lowest BCUT2D eigenvalue weighted by Crippen LogP contribution is -2.62. The topological polar surface area (TPSA) is 149 Å². The molecule has 3 atom stereocenters. The Kier molecular flexibility index (Phi) is 7.03. The van der Waals surface area contributed by atoms with Crippen molar-refractivity contribution in [3.05, 3.63) is 12.7 Å². The first-order valence-corrected chi connectivity index (χ1v) is 9.40. The van der Waals surface area contributed by atoms with Gasteiger partial charge in [-0.2, -0.15) is 0 Å². The molecule has 1 rings (SSSR count). The summed E-state index contributed by atoms with van der Waals surface area (Å²) in [6, 6.07) is 0. The zero-order valence-electron chi connectivity index (χ0n) is 16.7. The fourth-order valence-electron chi connectivity index (χ4n) is 5.25. The Bertz CT molecular complexity index is 635. The first-order valence-electron chi connectivity index (χ1n) is 9.40. The molecule has 0 saturated heterocycles. The van der Waals surface area contributed by atoms with Crippen LogP contribution in [-0.2, 0) is 19.2 Å². The number of carbonyl (C=O) groups is 4. The Morgan fingerprint density at radius 1 is 0.821 bits per heavy atom. The summed E-state index contributed by atoms with van der Waals surface area (Å²) in [5, 5.41) is 40.0. The van der Waals surface area contributed by atoms with E-state index in [9.17, 15) is 39.6 Å². The fourth-order valence-corrected chi connectivity index (χ4v) is 5.25. The van der Waals surface area contributed by atoms with Crippen LogP contribution >= 0.6 is 0 Å². The Morgan fingerprint density at radius 2 is 1.21 bits per heavy atom. The van der Waals surface area contributed by atoms with Crippen molar-refractivity contribution >= 4 is 23.9 Å². The van der Waals surface area contributed by atoms with Crippen LogP contribution in [0, 0.1) is 40.4 Å². The smallest absolute Gasteiger partial charge is 0.321 e. The predicted molar refractivity (Wildman–Crippen MR) is 99.6 cm³/mol. The molecule has 158 valence electrons. The van der Waals surface area contributed by atoms with Crippen LogP contribution in [0.5, 0.6) is 0 Å². The summed E-state index contributed by atoms with van der Waals surface area (Å²) in [5.74, 6) is -11.2. The van der Waals surface area contributed by atoms with E-state index in [1.54, 1.807) is 0 Å². The highest BCUT2D eigenvalue weighted by atomic mass is 16.4. The summed E-state index contributed by atoms with van der Waals surface area (Å²) >= 11 is 0. The highest BCUT2D eigenvalue weighted by Gasteiger charge is 2.67. The van der Waals surface area contributed by atoms with Gasteiger partial charge in [-0.05, 0) is 42.4 Å². The molecule has 0 bridgehead atoms. The molecule has 1 fully saturated rings. The maximum absolute atomic E-state index is 12.3. The number of rotatable bonds is 9. The van der Waals surface area contributed by atoms with Crippen molar-refractivity contribution in [1.29, 1.82) is 0 Å². The second-order valence-corrected chi connectivity index (χ2v) is 8.23. The summed E-state index contributed by atoms with van der Waals surface area (Å²) in [6.07, 6.45) is 2.43. The van der Waals surface area contributed by atoms with Gasteiger partial charge in [0, 0.05) is 0 Å². The van der Waals surface area contributed by atoms with Crippen molar-refractivity contribution in [2.24, 2.45) is 40.4 Å². The Hall–Kier alpha value is -2.38. The Morgan fingerprint density at radius 3 is 1.50 bits per heavy atom. The molecule has 1 saturated carbocycles. The molecule has 0 aromatic rings. The molecular formula is C20H30O8. The molecule has 28 heavy (non-hydrogen) atoms. The summed E-state index contributed by atoms with van der Waals surface area (Å²) < 4.78 is 0. The van der Waals surface area contributed by atoms with Crippen molar-refractivity contribution in [2.75, 3.05) is 0 Å². The van der Waals surface area contributed by atoms with Crippen molar-refractivity contribution in [3.63, 3.8) is 0 Å². The number of carboxylic acids is 4. The molecule has 0 aromatic carbocycles. The minimum absolute atomic E-state index is 0.112. The minimum Gasteiger partial charge on any atom is -0.480 e. The van der Waals surface area contributed by atoms with Gasteiger partial charge >= 0.3 is 23.9 Å². The molecule has 0 amide bonds. The minimum atomic E-state index is -2.34. The summed E-state index contributed by atoms with van der Waals surface area (Å²) in [7, 11) is 0. The van der Waals surface area contributed by atoms with Gasteiger partial charge in [0.15, 0.2) is 10.8 Å². The van der Waals surface area contributed by atoms with Gasteiger partial charge in [-0.15, -0.1) is 6.58 Å². The normalized spacial score (nSPS) is 23.4. The van der Waals surface area contributed by atoms with Gasteiger partial charge in [0.2, 0.25) is 0 Å². The van der Waals surface area contributed by atoms with Crippen LogP contribution in [0.4, 0.5) is 0 Å². The lowest BCUT2D eigenvalue weighted by atomic mass is 9.48. The van der Waals surface area contributed by atoms with E-state index < -0.39 is 64.3 Å². The third-order valence-electron chi connectivity index (χ3n) is 6.60. The first kappa shape index (κ1) is 23.7. The van der Waals surface area contributed by atoms with Gasteiger partial charge in [-0.1, -0.05) is 40.2 Å². The summed E-state index contributed by atoms with van der Waals surface area (Å²) in [6.45, 7) is 9.51. The van der Waals surface area contributed by atoms with Crippen LogP contribution < -0.4 is 0 Å². The van der Waals surface area contributed by atoms with Crippen LogP contribution in [0.25, 0.3) is 0 Å². The molecule has 4 N–H and O–H groups in total. The van der Waals surface area contributed by atoms with Gasteiger partial charge in [0.05, 0.1) is 0 Å². The van der Waals surface area contributed by atoms with Crippen LogP contribution in [0.1, 0.15) is 47.0 Å². The molecule has 1 aliphatic carbocycles. The lowest BCUT2D eigenvalue weighted by molar-refractivity contribution is -0.196. The highest BCUT2D eigenvalue weighted by Crippen LogP contribution is 2.57. The monoisotopic (exact) mass is 398 g/mol. The molecule has 0 heterocycles. The van der Waals surface area contributed by atoms with E-state index in [4.69, 9.17) is 0 Å². The second kappa shape index (κ2) is 8.32. The zero-order chi connectivity index (χ0) is 22.0. The summed E-state index contributed by atoms with van der Waals surface area (Å²) in [5.41, 5.74) is -4.65. The van der Waals surface area contributed by atoms with E-state index in [0.717, 1.165) is 0 Å². The molecule has 0 aromatic heterocycles. The number of hydrogen-bond acceptors (Lipinski definition) is 4. The van der Waals surface area contributed by atoms with Crippen LogP contribution in [-0.4, -0.2) is 44.3 Å². The third-order valence-corrected chi connectivity index (χ3v) is 6.60. The third kappa shape index (κ3) is 3.18. The quantitative estimate of drug-likeness (QED) is 0.342. The Labute approximate surface area is 164 Å². The summed E-state index contributed by atoms with van der Waals surface area (Å²) in [4.78, 5) is 49.2. The molecule has 3 unspecified atom stereocenters. The van der Waals surface area contributed by atoms with E-state index in [2.05, 4.69) is 6.58 Å². The van der Waals surface area contributed by atoms with Crippen molar-refractivity contribution in [3.8, 4) is 0 Å². The van der Waals surface area contributed by atoms with E-state index >= 15 is 0 Å². The molecule has 0 spiro atoms. The fraction of sp³-hybridized carbons (Fsp3) is 0.700. The SMILES string of the molecule is C=CC1CCCC(C(C(=O)O)(C(=O)O)C(C)C)C1C(C(=O)O)(C(=O)O)C(C)C. The van der Waals surface area contributed by atoms with Gasteiger partial charge in [0.25, 0.3) is 0 Å². The molecule has 1 aliphatic rings. The number of allylic oxidation sites excluding steroid dienone is 1. The molecule has 8 nitrogen and oxygen atoms in total. The molecule has 0 radical (unpaired) electrons.